The zero-order valence-corrected chi connectivity index (χ0v) is 28.4. The number of nitrogens with two attached hydrogens (primary N) is 1. The van der Waals surface area contributed by atoms with E-state index in [0.717, 1.165) is 62.5 Å². The number of carbonyl (C=O) groups is 1. The molecule has 1 aromatic carbocycles. The molecular formula is C37H39F4N7O3. The van der Waals surface area contributed by atoms with Crippen molar-refractivity contribution in [1.29, 1.82) is 0 Å². The number of rotatable bonds is 7. The molecule has 5 aliphatic rings. The fourth-order valence-electron chi connectivity index (χ4n) is 8.25. The summed E-state index contributed by atoms with van der Waals surface area (Å²) in [4.78, 5) is 26.9. The van der Waals surface area contributed by atoms with Gasteiger partial charge in [-0.2, -0.15) is 28.2 Å². The van der Waals surface area contributed by atoms with Gasteiger partial charge in [-0.1, -0.05) is 18.1 Å². The molecule has 2 aromatic heterocycles. The third-order valence-electron chi connectivity index (χ3n) is 10.8. The number of alkyl halides is 3. The summed E-state index contributed by atoms with van der Waals surface area (Å²) in [6.07, 6.45) is -1.21. The highest BCUT2D eigenvalue weighted by Crippen LogP contribution is 2.45. The molecule has 1 saturated carbocycles. The molecule has 1 aliphatic carbocycles. The van der Waals surface area contributed by atoms with Crippen molar-refractivity contribution in [2.75, 3.05) is 36.9 Å². The molecule has 10 nitrogen and oxygen atoms in total. The Kier molecular flexibility index (Phi) is 8.33. The second kappa shape index (κ2) is 12.6. The van der Waals surface area contributed by atoms with E-state index < -0.39 is 40.5 Å². The maximum atomic E-state index is 15.7. The lowest BCUT2D eigenvalue weighted by Crippen LogP contribution is -2.43. The minimum absolute atomic E-state index is 0.0407. The molecule has 14 heteroatoms. The minimum Gasteiger partial charge on any atom is -0.461 e. The highest BCUT2D eigenvalue weighted by atomic mass is 19.4. The lowest BCUT2D eigenvalue weighted by atomic mass is 9.91. The van der Waals surface area contributed by atoms with Crippen LogP contribution in [0.5, 0.6) is 6.01 Å². The van der Waals surface area contributed by atoms with Gasteiger partial charge in [-0.05, 0) is 64.1 Å². The van der Waals surface area contributed by atoms with Crippen LogP contribution in [0.4, 0.5) is 29.1 Å². The molecule has 2 unspecified atom stereocenters. The van der Waals surface area contributed by atoms with Crippen LogP contribution in [0.3, 0.4) is 0 Å². The third-order valence-corrected chi connectivity index (χ3v) is 10.8. The van der Waals surface area contributed by atoms with E-state index in [0.29, 0.717) is 55.4 Å². The first-order valence-corrected chi connectivity index (χ1v) is 17.5. The number of ether oxygens (including phenoxy) is 2. The van der Waals surface area contributed by atoms with E-state index in [4.69, 9.17) is 25.2 Å². The first-order valence-electron chi connectivity index (χ1n) is 17.5. The smallest absolute Gasteiger partial charge is 0.418 e. The van der Waals surface area contributed by atoms with Crippen molar-refractivity contribution in [3.63, 3.8) is 0 Å². The second-order valence-corrected chi connectivity index (χ2v) is 14.4. The van der Waals surface area contributed by atoms with Crippen LogP contribution in [0.15, 0.2) is 24.3 Å². The van der Waals surface area contributed by atoms with E-state index in [-0.39, 0.29) is 36.3 Å². The SMILES string of the molecule is C=C1CN2CCCC2(COc2nc3c(c(N4CCCn5nc(C(=O)C6CC6)cc5C4)n2)COC(c2c(F)c(N)cc(C#CC)c2C(F)(F)F)C3)C1. The molecule has 0 bridgehead atoms. The van der Waals surface area contributed by atoms with Gasteiger partial charge in [0.15, 0.2) is 11.6 Å². The van der Waals surface area contributed by atoms with Crippen LogP contribution in [0, 0.1) is 23.6 Å². The Morgan fingerprint density at radius 2 is 2.00 bits per heavy atom. The van der Waals surface area contributed by atoms with Crippen molar-refractivity contribution >= 4 is 17.3 Å². The Balaban J connectivity index is 1.18. The molecule has 3 fully saturated rings. The molecule has 2 N–H and O–H groups in total. The van der Waals surface area contributed by atoms with Crippen LogP contribution in [-0.4, -0.2) is 62.2 Å². The zero-order valence-electron chi connectivity index (χ0n) is 28.4. The molecular weight excluding hydrogens is 666 g/mol. The normalized spacial score (nSPS) is 23.3. The number of nitrogens with zero attached hydrogens (tertiary/aromatic N) is 6. The van der Waals surface area contributed by atoms with Gasteiger partial charge in [0, 0.05) is 48.7 Å². The molecule has 0 spiro atoms. The predicted molar refractivity (Wildman–Crippen MR) is 179 cm³/mol. The summed E-state index contributed by atoms with van der Waals surface area (Å²) in [6, 6.07) is 2.85. The topological polar surface area (TPSA) is 112 Å². The Morgan fingerprint density at radius 1 is 1.18 bits per heavy atom. The van der Waals surface area contributed by atoms with Crippen molar-refractivity contribution in [1.82, 2.24) is 24.6 Å². The fraction of sp³-hybridized carbons (Fsp3) is 0.514. The average molecular weight is 706 g/mol. The first-order chi connectivity index (χ1) is 24.4. The zero-order chi connectivity index (χ0) is 35.7. The number of fused-ring (bicyclic) bond motifs is 3. The van der Waals surface area contributed by atoms with Gasteiger partial charge < -0.3 is 20.1 Å². The number of nitrogen functional groups attached to an aromatic ring is 1. The number of aryl methyl sites for hydroxylation is 1. The molecule has 268 valence electrons. The maximum Gasteiger partial charge on any atom is 0.418 e. The summed E-state index contributed by atoms with van der Waals surface area (Å²) >= 11 is 0. The van der Waals surface area contributed by atoms with Gasteiger partial charge in [-0.3, -0.25) is 14.4 Å². The molecule has 6 heterocycles. The number of anilines is 2. The lowest BCUT2D eigenvalue weighted by molar-refractivity contribution is -0.140. The number of ketones is 1. The molecule has 4 aliphatic heterocycles. The molecule has 51 heavy (non-hydrogen) atoms. The number of aromatic nitrogens is 4. The van der Waals surface area contributed by atoms with Crippen LogP contribution in [0.25, 0.3) is 0 Å². The van der Waals surface area contributed by atoms with E-state index >= 15 is 4.39 Å². The Labute approximate surface area is 293 Å². The van der Waals surface area contributed by atoms with Gasteiger partial charge in [0.2, 0.25) is 0 Å². The van der Waals surface area contributed by atoms with Crippen LogP contribution in [0.1, 0.15) is 95.7 Å². The van der Waals surface area contributed by atoms with E-state index in [9.17, 15) is 18.0 Å². The number of hydrogen-bond donors (Lipinski definition) is 1. The number of carbonyl (C=O) groups excluding carboxylic acids is 1. The van der Waals surface area contributed by atoms with Crippen LogP contribution >= 0.6 is 0 Å². The van der Waals surface area contributed by atoms with Crippen molar-refractivity contribution in [3.05, 3.63) is 69.4 Å². The molecule has 2 saturated heterocycles. The Hall–Kier alpha value is -4.48. The highest BCUT2D eigenvalue weighted by Gasteiger charge is 2.47. The van der Waals surface area contributed by atoms with Gasteiger partial charge in [-0.25, -0.2) is 4.39 Å². The summed E-state index contributed by atoms with van der Waals surface area (Å²) in [6.45, 7) is 9.10. The van der Waals surface area contributed by atoms with Gasteiger partial charge in [0.25, 0.3) is 0 Å². The maximum absolute atomic E-state index is 15.7. The van der Waals surface area contributed by atoms with Crippen molar-refractivity contribution in [2.45, 2.75) is 89.4 Å². The molecule has 0 amide bonds. The van der Waals surface area contributed by atoms with E-state index in [1.54, 1.807) is 0 Å². The monoisotopic (exact) mass is 705 g/mol. The van der Waals surface area contributed by atoms with Gasteiger partial charge >= 0.3 is 12.2 Å². The Bertz CT molecular complexity index is 2000. The van der Waals surface area contributed by atoms with Crippen molar-refractivity contribution in [3.8, 4) is 17.9 Å². The molecule has 2 atom stereocenters. The third kappa shape index (κ3) is 6.14. The van der Waals surface area contributed by atoms with Crippen LogP contribution in [0.2, 0.25) is 0 Å². The van der Waals surface area contributed by atoms with E-state index in [1.807, 2.05) is 10.7 Å². The summed E-state index contributed by atoms with van der Waals surface area (Å²) < 4.78 is 73.8. The minimum atomic E-state index is -4.93. The number of benzene rings is 1. The van der Waals surface area contributed by atoms with Gasteiger partial charge in [-0.15, -0.1) is 5.92 Å². The molecule has 3 aromatic rings. The quantitative estimate of drug-likeness (QED) is 0.108. The number of Topliss-reactive ketones (excluding diaryl/α,β-unsaturated/α-hetero) is 1. The van der Waals surface area contributed by atoms with Crippen molar-refractivity contribution in [2.24, 2.45) is 5.92 Å². The predicted octanol–water partition coefficient (Wildman–Crippen LogP) is 5.77. The second-order valence-electron chi connectivity index (χ2n) is 14.4. The van der Waals surface area contributed by atoms with E-state index in [2.05, 4.69) is 33.3 Å². The van der Waals surface area contributed by atoms with Crippen LogP contribution in [-0.2, 0) is 37.0 Å². The van der Waals surface area contributed by atoms with Crippen LogP contribution < -0.4 is 15.4 Å². The van der Waals surface area contributed by atoms with Gasteiger partial charge in [0.1, 0.15) is 18.1 Å². The molecule has 8 rings (SSSR count). The fourth-order valence-corrected chi connectivity index (χ4v) is 8.25. The van der Waals surface area contributed by atoms with Gasteiger partial charge in [0.05, 0.1) is 47.4 Å². The summed E-state index contributed by atoms with van der Waals surface area (Å²) in [5, 5.41) is 4.62. The highest BCUT2D eigenvalue weighted by molar-refractivity contribution is 5.97. The lowest BCUT2D eigenvalue weighted by Gasteiger charge is -2.33. The number of halogens is 4. The summed E-state index contributed by atoms with van der Waals surface area (Å²) in [7, 11) is 0. The van der Waals surface area contributed by atoms with E-state index in [1.165, 1.54) is 6.92 Å². The number of hydrogen-bond acceptors (Lipinski definition) is 9. The largest absolute Gasteiger partial charge is 0.461 e. The average Bonchev–Trinajstić information content (AvgIpc) is 3.71. The standard InChI is InChI=1S/C37H39F4N7O3/c1-3-6-23-13-26(42)32(38)30(31(23)37(39,40)41)29-15-27-25(19-50-29)34(44-35(43-27)51-20-36-9-4-11-47(36)17-21(2)16-36)46-10-5-12-48-24(18-46)14-28(45-48)33(49)22-7-8-22/h13-14,22,29H,2,4-5,7-12,15-20,42H2,1H3. The summed E-state index contributed by atoms with van der Waals surface area (Å²) in [5.41, 5.74) is 6.37. The first kappa shape index (κ1) is 33.7. The molecule has 0 radical (unpaired) electrons. The van der Waals surface area contributed by atoms with Crippen molar-refractivity contribution < 1.29 is 31.8 Å². The Morgan fingerprint density at radius 3 is 2.76 bits per heavy atom. The summed E-state index contributed by atoms with van der Waals surface area (Å²) in [5.74, 6) is 4.36.